The Labute approximate surface area is 204 Å². The van der Waals surface area contributed by atoms with Crippen LogP contribution in [-0.4, -0.2) is 16.5 Å². The number of hydrogen-bond acceptors (Lipinski definition) is 3. The van der Waals surface area contributed by atoms with E-state index in [1.165, 1.54) is 5.56 Å². The normalized spacial score (nSPS) is 12.0. The average Bonchev–Trinajstić information content (AvgIpc) is 3.10. The molecule has 2 aromatic carbocycles. The molecule has 0 bridgehead atoms. The Morgan fingerprint density at radius 3 is 2.50 bits per heavy atom. The van der Waals surface area contributed by atoms with Crippen molar-refractivity contribution in [2.45, 2.75) is 66.3 Å². The van der Waals surface area contributed by atoms with Gasteiger partial charge in [-0.2, -0.15) is 0 Å². The Bertz CT molecular complexity index is 1120. The highest BCUT2D eigenvalue weighted by molar-refractivity contribution is 6.08. The number of nitrogens with zero attached hydrogens (tertiary/aromatic N) is 1. The molecule has 0 amide bonds. The molecule has 176 valence electrons. The predicted octanol–water partition coefficient (Wildman–Crippen LogP) is 7.17. The van der Waals surface area contributed by atoms with E-state index in [1.807, 2.05) is 56.2 Å². The fourth-order valence-electron chi connectivity index (χ4n) is 3.59. The van der Waals surface area contributed by atoms with Crippen molar-refractivity contribution in [2.24, 2.45) is 0 Å². The molecule has 0 saturated carbocycles. The van der Waals surface area contributed by atoms with Gasteiger partial charge in [-0.25, -0.2) is 0 Å². The second-order valence-corrected chi connectivity index (χ2v) is 7.90. The summed E-state index contributed by atoms with van der Waals surface area (Å²) in [4.78, 5) is 26.5. The number of rotatable bonds is 8. The molecule has 0 aromatic heterocycles. The van der Waals surface area contributed by atoms with Gasteiger partial charge in [-0.1, -0.05) is 86.9 Å². The van der Waals surface area contributed by atoms with Crippen LogP contribution in [0.5, 0.6) is 0 Å². The van der Waals surface area contributed by atoms with Crippen LogP contribution in [0, 0.1) is 18.8 Å². The number of Topliss-reactive ketones (excluding diaryl/α,β-unsaturated/α-hetero) is 2. The molecule has 3 rings (SSSR count). The number of ketones is 2. The predicted molar refractivity (Wildman–Crippen MR) is 141 cm³/mol. The number of allylic oxidation sites excluding steroid dienone is 3. The molecule has 3 heteroatoms. The largest absolute Gasteiger partial charge is 0.333 e. The van der Waals surface area contributed by atoms with Gasteiger partial charge in [-0.15, -0.1) is 5.73 Å². The number of benzene rings is 2. The molecule has 0 unspecified atom stereocenters. The van der Waals surface area contributed by atoms with E-state index >= 15 is 0 Å². The van der Waals surface area contributed by atoms with Crippen LogP contribution in [0.25, 0.3) is 11.1 Å². The molecular formula is C31H35NO2. The second kappa shape index (κ2) is 14.5. The Kier molecular flexibility index (Phi) is 11.4. The van der Waals surface area contributed by atoms with Crippen LogP contribution in [0.3, 0.4) is 0 Å². The summed E-state index contributed by atoms with van der Waals surface area (Å²) in [6, 6.07) is 16.7. The highest BCUT2D eigenvalue weighted by Crippen LogP contribution is 2.27. The van der Waals surface area contributed by atoms with Gasteiger partial charge < -0.3 is 4.90 Å². The summed E-state index contributed by atoms with van der Waals surface area (Å²) in [5.41, 5.74) is 8.32. The van der Waals surface area contributed by atoms with Gasteiger partial charge in [0.15, 0.2) is 0 Å². The van der Waals surface area contributed by atoms with Crippen LogP contribution in [0.2, 0.25) is 0 Å². The van der Waals surface area contributed by atoms with Crippen molar-refractivity contribution < 1.29 is 9.59 Å². The highest BCUT2D eigenvalue weighted by atomic mass is 16.1. The molecule has 1 aliphatic rings. The maximum atomic E-state index is 12.9. The Hall–Kier alpha value is -3.60. The molecule has 2 aromatic rings. The van der Waals surface area contributed by atoms with Crippen LogP contribution in [0.4, 0.5) is 0 Å². The minimum atomic E-state index is -0.228. The zero-order valence-corrected chi connectivity index (χ0v) is 20.9. The van der Waals surface area contributed by atoms with Crippen LogP contribution in [-0.2, 0) is 16.1 Å². The highest BCUT2D eigenvalue weighted by Gasteiger charge is 2.17. The average molecular weight is 454 g/mol. The molecule has 34 heavy (non-hydrogen) atoms. The van der Waals surface area contributed by atoms with Crippen molar-refractivity contribution in [1.82, 2.24) is 4.90 Å². The molecule has 0 fully saturated rings. The van der Waals surface area contributed by atoms with Gasteiger partial charge in [0.25, 0.3) is 5.78 Å². The zero-order chi connectivity index (χ0) is 24.8. The van der Waals surface area contributed by atoms with E-state index < -0.39 is 0 Å². The maximum absolute atomic E-state index is 12.9. The molecule has 0 atom stereocenters. The van der Waals surface area contributed by atoms with Crippen LogP contribution >= 0.6 is 0 Å². The lowest BCUT2D eigenvalue weighted by Crippen LogP contribution is -2.21. The molecule has 0 radical (unpaired) electrons. The topological polar surface area (TPSA) is 37.4 Å². The van der Waals surface area contributed by atoms with E-state index in [0.29, 0.717) is 37.9 Å². The van der Waals surface area contributed by atoms with Crippen molar-refractivity contribution in [3.63, 3.8) is 0 Å². The molecule has 1 heterocycles. The molecular weight excluding hydrogens is 418 g/mol. The first kappa shape index (κ1) is 26.7. The van der Waals surface area contributed by atoms with Crippen LogP contribution in [0.15, 0.2) is 78.3 Å². The maximum Gasteiger partial charge on any atom is 0.251 e. The first-order chi connectivity index (χ1) is 16.6. The quantitative estimate of drug-likeness (QED) is 0.242. The lowest BCUT2D eigenvalue weighted by atomic mass is 9.98. The fourth-order valence-corrected chi connectivity index (χ4v) is 3.59. The zero-order valence-electron chi connectivity index (χ0n) is 20.9. The minimum absolute atomic E-state index is 0.199. The van der Waals surface area contributed by atoms with Crippen molar-refractivity contribution in [1.29, 1.82) is 0 Å². The van der Waals surface area contributed by atoms with E-state index in [0.717, 1.165) is 23.1 Å². The van der Waals surface area contributed by atoms with Crippen molar-refractivity contribution in [3.8, 4) is 23.0 Å². The molecule has 0 spiro atoms. The third kappa shape index (κ3) is 8.07. The van der Waals surface area contributed by atoms with Gasteiger partial charge in [0.1, 0.15) is 5.78 Å². The summed E-state index contributed by atoms with van der Waals surface area (Å²) in [6.45, 7) is 8.60. The van der Waals surface area contributed by atoms with E-state index in [1.54, 1.807) is 0 Å². The van der Waals surface area contributed by atoms with Gasteiger partial charge in [0, 0.05) is 32.0 Å². The van der Waals surface area contributed by atoms with Crippen LogP contribution < -0.4 is 0 Å². The SMILES string of the molecule is CC.CCCC(=O)CCC#CC(=O)C1=CCC=C=CN1Cc1ccccc1-c1ccc(C)cc1. The molecule has 1 aliphatic heterocycles. The number of carbonyl (C=O) groups is 2. The summed E-state index contributed by atoms with van der Waals surface area (Å²) in [5, 5.41) is 0. The number of hydrogen-bond donors (Lipinski definition) is 0. The standard InChI is InChI=1S/C29H29NO2.C2H6/c1-3-11-26(31)13-7-9-16-29(32)28-15-5-4-10-21-30(28)22-25-12-6-8-14-27(25)24-19-17-23(2)18-20-24;1-2/h4,6,8,12,14-15,17-21H,3,5,7,11,13,22H2,1-2H3;1-2H3. The number of carbonyl (C=O) groups excluding carboxylic acids is 2. The summed E-state index contributed by atoms with van der Waals surface area (Å²) in [7, 11) is 0. The Morgan fingerprint density at radius 2 is 1.76 bits per heavy atom. The van der Waals surface area contributed by atoms with E-state index in [4.69, 9.17) is 0 Å². The molecule has 0 aliphatic carbocycles. The monoisotopic (exact) mass is 453 g/mol. The van der Waals surface area contributed by atoms with Gasteiger partial charge in [0.05, 0.1) is 5.70 Å². The Balaban J connectivity index is 0.00000199. The van der Waals surface area contributed by atoms with Crippen LogP contribution in [0.1, 0.15) is 64.0 Å². The minimum Gasteiger partial charge on any atom is -0.333 e. The van der Waals surface area contributed by atoms with Gasteiger partial charge in [0.2, 0.25) is 0 Å². The van der Waals surface area contributed by atoms with Crippen molar-refractivity contribution >= 4 is 11.6 Å². The van der Waals surface area contributed by atoms with E-state index in [-0.39, 0.29) is 11.6 Å². The number of aryl methyl sites for hydroxylation is 1. The first-order valence-electron chi connectivity index (χ1n) is 12.2. The third-order valence-corrected chi connectivity index (χ3v) is 5.30. The first-order valence-corrected chi connectivity index (χ1v) is 12.2. The fraction of sp³-hybridized carbons (Fsp3) is 0.323. The van der Waals surface area contributed by atoms with Gasteiger partial charge >= 0.3 is 0 Å². The molecule has 3 nitrogen and oxygen atoms in total. The van der Waals surface area contributed by atoms with Gasteiger partial charge in [-0.05, 0) is 48.5 Å². The van der Waals surface area contributed by atoms with Crippen molar-refractivity contribution in [2.75, 3.05) is 0 Å². The third-order valence-electron chi connectivity index (χ3n) is 5.30. The smallest absolute Gasteiger partial charge is 0.251 e. The summed E-state index contributed by atoms with van der Waals surface area (Å²) < 4.78 is 0. The van der Waals surface area contributed by atoms with Crippen molar-refractivity contribution in [3.05, 3.63) is 89.4 Å². The lowest BCUT2D eigenvalue weighted by Gasteiger charge is -2.22. The van der Waals surface area contributed by atoms with E-state index in [2.05, 4.69) is 60.9 Å². The van der Waals surface area contributed by atoms with E-state index in [9.17, 15) is 9.59 Å². The molecule has 0 N–H and O–H groups in total. The summed E-state index contributed by atoms with van der Waals surface area (Å²) in [6.07, 6.45) is 8.48. The van der Waals surface area contributed by atoms with Gasteiger partial charge in [-0.3, -0.25) is 9.59 Å². The molecule has 0 saturated heterocycles. The summed E-state index contributed by atoms with van der Waals surface area (Å²) >= 11 is 0. The lowest BCUT2D eigenvalue weighted by molar-refractivity contribution is -0.119. The second-order valence-electron chi connectivity index (χ2n) is 7.90. The Morgan fingerprint density at radius 1 is 1.03 bits per heavy atom. The summed E-state index contributed by atoms with van der Waals surface area (Å²) in [5.74, 6) is 5.59.